The normalized spacial score (nSPS) is 20.9. The van der Waals surface area contributed by atoms with Gasteiger partial charge in [0.1, 0.15) is 0 Å². The summed E-state index contributed by atoms with van der Waals surface area (Å²) in [5.74, 6) is -0.0305. The fraction of sp³-hybridized carbons (Fsp3) is 0.364. The van der Waals surface area contributed by atoms with Gasteiger partial charge in [-0.15, -0.1) is 11.6 Å². The van der Waals surface area contributed by atoms with Crippen molar-refractivity contribution in [1.82, 2.24) is 0 Å². The number of nitrogens with zero attached hydrogens (tertiary/aromatic N) is 1. The molecular formula is C11H12ClNO3S. The smallest absolute Gasteiger partial charge is 0.228 e. The highest BCUT2D eigenvalue weighted by Crippen LogP contribution is 2.25. The lowest BCUT2D eigenvalue weighted by Gasteiger charge is -2.15. The number of carbonyl (C=O) groups is 1. The molecule has 2 rings (SSSR count). The van der Waals surface area contributed by atoms with Crippen LogP contribution >= 0.6 is 11.6 Å². The summed E-state index contributed by atoms with van der Waals surface area (Å²) < 4.78 is 22.6. The van der Waals surface area contributed by atoms with E-state index >= 15 is 0 Å². The van der Waals surface area contributed by atoms with E-state index in [0.717, 1.165) is 6.26 Å². The molecule has 1 aromatic carbocycles. The molecule has 0 N–H and O–H groups in total. The molecule has 0 aliphatic carbocycles. The van der Waals surface area contributed by atoms with Crippen LogP contribution in [0.4, 0.5) is 5.69 Å². The van der Waals surface area contributed by atoms with Crippen LogP contribution in [-0.4, -0.2) is 32.5 Å². The van der Waals surface area contributed by atoms with Gasteiger partial charge in [-0.1, -0.05) is 0 Å². The zero-order chi connectivity index (χ0) is 12.6. The molecule has 0 bridgehead atoms. The van der Waals surface area contributed by atoms with Crippen molar-refractivity contribution in [2.75, 3.05) is 17.7 Å². The molecule has 1 unspecified atom stereocenters. The minimum Gasteiger partial charge on any atom is -0.311 e. The van der Waals surface area contributed by atoms with Gasteiger partial charge >= 0.3 is 0 Å². The van der Waals surface area contributed by atoms with Gasteiger partial charge in [-0.05, 0) is 24.3 Å². The number of carbonyl (C=O) groups excluding carboxylic acids is 1. The number of hydrogen-bond donors (Lipinski definition) is 0. The summed E-state index contributed by atoms with van der Waals surface area (Å²) in [5, 5.41) is -0.169. The van der Waals surface area contributed by atoms with Crippen molar-refractivity contribution in [3.05, 3.63) is 24.3 Å². The summed E-state index contributed by atoms with van der Waals surface area (Å²) in [4.78, 5) is 13.4. The average Bonchev–Trinajstić information content (AvgIpc) is 2.57. The third kappa shape index (κ3) is 2.61. The second kappa shape index (κ2) is 4.31. The molecule has 1 aromatic rings. The SMILES string of the molecule is CS(=O)(=O)c1ccc(N2CC(Cl)CC2=O)cc1. The Labute approximate surface area is 105 Å². The minimum atomic E-state index is -3.20. The van der Waals surface area contributed by atoms with Gasteiger partial charge in [-0.3, -0.25) is 4.79 Å². The number of hydrogen-bond acceptors (Lipinski definition) is 3. The number of halogens is 1. The Morgan fingerprint density at radius 2 is 1.88 bits per heavy atom. The third-order valence-corrected chi connectivity index (χ3v) is 4.08. The molecule has 17 heavy (non-hydrogen) atoms. The summed E-state index contributed by atoms with van der Waals surface area (Å²) in [6.45, 7) is 0.471. The molecule has 1 aliphatic rings. The summed E-state index contributed by atoms with van der Waals surface area (Å²) in [7, 11) is -3.20. The number of sulfone groups is 1. The minimum absolute atomic E-state index is 0.0305. The van der Waals surface area contributed by atoms with E-state index in [4.69, 9.17) is 11.6 Å². The van der Waals surface area contributed by atoms with Crippen LogP contribution in [0.3, 0.4) is 0 Å². The summed E-state index contributed by atoms with van der Waals surface area (Å²) in [6, 6.07) is 6.26. The quantitative estimate of drug-likeness (QED) is 0.766. The highest BCUT2D eigenvalue weighted by atomic mass is 35.5. The maximum absolute atomic E-state index is 11.6. The number of rotatable bonds is 2. The first-order valence-electron chi connectivity index (χ1n) is 5.12. The van der Waals surface area contributed by atoms with Gasteiger partial charge in [0.15, 0.2) is 9.84 Å². The number of benzene rings is 1. The molecule has 0 spiro atoms. The standard InChI is InChI=1S/C11H12ClNO3S/c1-17(15,16)10-4-2-9(3-5-10)13-7-8(12)6-11(13)14/h2-5,8H,6-7H2,1H3. The maximum Gasteiger partial charge on any atom is 0.228 e. The molecule has 0 aromatic heterocycles. The molecule has 1 heterocycles. The fourth-order valence-corrected chi connectivity index (χ4v) is 2.69. The zero-order valence-corrected chi connectivity index (χ0v) is 10.8. The van der Waals surface area contributed by atoms with Crippen LogP contribution in [0.25, 0.3) is 0 Å². The first-order valence-corrected chi connectivity index (χ1v) is 7.45. The first kappa shape index (κ1) is 12.4. The zero-order valence-electron chi connectivity index (χ0n) is 9.26. The van der Waals surface area contributed by atoms with E-state index in [0.29, 0.717) is 18.7 Å². The molecule has 0 radical (unpaired) electrons. The second-order valence-electron chi connectivity index (χ2n) is 4.07. The van der Waals surface area contributed by atoms with Crippen LogP contribution in [0.5, 0.6) is 0 Å². The third-order valence-electron chi connectivity index (χ3n) is 2.65. The van der Waals surface area contributed by atoms with Gasteiger partial charge in [0, 0.05) is 24.9 Å². The lowest BCUT2D eigenvalue weighted by Crippen LogP contribution is -2.24. The van der Waals surface area contributed by atoms with Crippen molar-refractivity contribution in [2.45, 2.75) is 16.7 Å². The summed E-state index contributed by atoms with van der Waals surface area (Å²) in [6.07, 6.45) is 1.48. The molecular weight excluding hydrogens is 262 g/mol. The van der Waals surface area contributed by atoms with Crippen molar-refractivity contribution in [3.63, 3.8) is 0 Å². The monoisotopic (exact) mass is 273 g/mol. The molecule has 1 aliphatic heterocycles. The van der Waals surface area contributed by atoms with E-state index in [9.17, 15) is 13.2 Å². The van der Waals surface area contributed by atoms with Crippen molar-refractivity contribution >= 4 is 33.0 Å². The van der Waals surface area contributed by atoms with Gasteiger partial charge in [0.05, 0.1) is 10.3 Å². The molecule has 0 saturated carbocycles. The van der Waals surface area contributed by atoms with E-state index in [-0.39, 0.29) is 16.2 Å². The molecule has 1 fully saturated rings. The number of alkyl halides is 1. The first-order chi connectivity index (χ1) is 7.88. The van der Waals surface area contributed by atoms with Crippen molar-refractivity contribution in [3.8, 4) is 0 Å². The molecule has 1 atom stereocenters. The van der Waals surface area contributed by atoms with E-state index in [1.807, 2.05) is 0 Å². The maximum atomic E-state index is 11.6. The van der Waals surface area contributed by atoms with Gasteiger partial charge in [-0.2, -0.15) is 0 Å². The van der Waals surface area contributed by atoms with Crippen molar-refractivity contribution in [1.29, 1.82) is 0 Å². The molecule has 92 valence electrons. The Morgan fingerprint density at radius 1 is 1.29 bits per heavy atom. The molecule has 1 saturated heterocycles. The van der Waals surface area contributed by atoms with Crippen LogP contribution in [-0.2, 0) is 14.6 Å². The van der Waals surface area contributed by atoms with Gasteiger partial charge in [0.2, 0.25) is 5.91 Å². The summed E-state index contributed by atoms with van der Waals surface area (Å²) >= 11 is 5.90. The fourth-order valence-electron chi connectivity index (χ4n) is 1.79. The van der Waals surface area contributed by atoms with E-state index in [1.54, 1.807) is 17.0 Å². The lowest BCUT2D eigenvalue weighted by molar-refractivity contribution is -0.117. The Kier molecular flexibility index (Phi) is 3.14. The highest BCUT2D eigenvalue weighted by molar-refractivity contribution is 7.90. The van der Waals surface area contributed by atoms with E-state index in [1.165, 1.54) is 12.1 Å². The Hall–Kier alpha value is -1.07. The van der Waals surface area contributed by atoms with E-state index in [2.05, 4.69) is 0 Å². The van der Waals surface area contributed by atoms with Crippen LogP contribution in [0.2, 0.25) is 0 Å². The largest absolute Gasteiger partial charge is 0.311 e. The average molecular weight is 274 g/mol. The van der Waals surface area contributed by atoms with Crippen molar-refractivity contribution in [2.24, 2.45) is 0 Å². The van der Waals surface area contributed by atoms with Crippen LogP contribution in [0, 0.1) is 0 Å². The molecule has 1 amide bonds. The second-order valence-corrected chi connectivity index (χ2v) is 6.70. The predicted octanol–water partition coefficient (Wildman–Crippen LogP) is 1.43. The van der Waals surface area contributed by atoms with Crippen LogP contribution in [0.15, 0.2) is 29.2 Å². The van der Waals surface area contributed by atoms with Crippen molar-refractivity contribution < 1.29 is 13.2 Å². The van der Waals surface area contributed by atoms with Crippen LogP contribution in [0.1, 0.15) is 6.42 Å². The highest BCUT2D eigenvalue weighted by Gasteiger charge is 2.29. The Balaban J connectivity index is 2.28. The van der Waals surface area contributed by atoms with Gasteiger partial charge in [-0.25, -0.2) is 8.42 Å². The van der Waals surface area contributed by atoms with Gasteiger partial charge in [0.25, 0.3) is 0 Å². The Morgan fingerprint density at radius 3 is 2.29 bits per heavy atom. The predicted molar refractivity (Wildman–Crippen MR) is 66.2 cm³/mol. The summed E-state index contributed by atoms with van der Waals surface area (Å²) in [5.41, 5.74) is 0.686. The lowest BCUT2D eigenvalue weighted by atomic mass is 10.3. The molecule has 4 nitrogen and oxygen atoms in total. The Bertz CT molecular complexity index is 538. The van der Waals surface area contributed by atoms with Crippen LogP contribution < -0.4 is 4.90 Å². The van der Waals surface area contributed by atoms with E-state index < -0.39 is 9.84 Å². The number of amides is 1. The topological polar surface area (TPSA) is 54.5 Å². The number of anilines is 1. The van der Waals surface area contributed by atoms with Gasteiger partial charge < -0.3 is 4.90 Å². The molecule has 6 heteroatoms.